The minimum atomic E-state index is -0.173. The van der Waals surface area contributed by atoms with E-state index < -0.39 is 0 Å². The van der Waals surface area contributed by atoms with Crippen molar-refractivity contribution in [3.8, 4) is 56.0 Å². The molecule has 2 aliphatic rings. The fourth-order valence-corrected chi connectivity index (χ4v) is 7.44. The zero-order chi connectivity index (χ0) is 30.9. The fourth-order valence-electron chi connectivity index (χ4n) is 7.44. The zero-order valence-electron chi connectivity index (χ0n) is 26.6. The molecule has 0 spiro atoms. The third-order valence-electron chi connectivity index (χ3n) is 10.7. The molecule has 0 amide bonds. The van der Waals surface area contributed by atoms with E-state index in [0.29, 0.717) is 0 Å². The molecule has 0 saturated heterocycles. The second-order valence-corrected chi connectivity index (χ2v) is 13.4. The molecule has 0 saturated carbocycles. The van der Waals surface area contributed by atoms with Crippen molar-refractivity contribution in [3.05, 3.63) is 145 Å². The molecule has 0 atom stereocenters. The second-order valence-electron chi connectivity index (χ2n) is 13.4. The average Bonchev–Trinajstić information content (AvgIpc) is 3.13. The van der Waals surface area contributed by atoms with Crippen LogP contribution in [0, 0.1) is 0 Å². The van der Waals surface area contributed by atoms with Crippen molar-refractivity contribution in [1.29, 1.82) is 0 Å². The lowest BCUT2D eigenvalue weighted by molar-refractivity contribution is 0.306. The number of hydrogen-bond acceptors (Lipinski definition) is 2. The molecule has 1 heterocycles. The van der Waals surface area contributed by atoms with E-state index in [1.54, 1.807) is 0 Å². The molecule has 8 rings (SSSR count). The van der Waals surface area contributed by atoms with Gasteiger partial charge in [-0.15, -0.1) is 0 Å². The lowest BCUT2D eigenvalue weighted by atomic mass is 9.61. The van der Waals surface area contributed by atoms with Gasteiger partial charge >= 0.3 is 0 Å². The third-order valence-corrected chi connectivity index (χ3v) is 10.7. The van der Waals surface area contributed by atoms with Crippen LogP contribution in [0.1, 0.15) is 38.8 Å². The monoisotopic (exact) mass is 583 g/mol. The predicted molar refractivity (Wildman–Crippen MR) is 189 cm³/mol. The van der Waals surface area contributed by atoms with Gasteiger partial charge in [0.25, 0.3) is 0 Å². The largest absolute Gasteiger partial charge is 0.455 e. The van der Waals surface area contributed by atoms with Gasteiger partial charge < -0.3 is 9.64 Å². The van der Waals surface area contributed by atoms with Crippen LogP contribution in [0.4, 0.5) is 11.4 Å². The highest BCUT2D eigenvalue weighted by Crippen LogP contribution is 2.56. The molecule has 1 aliphatic carbocycles. The highest BCUT2D eigenvalue weighted by Gasteiger charge is 2.45. The van der Waals surface area contributed by atoms with E-state index in [1.165, 1.54) is 55.6 Å². The van der Waals surface area contributed by atoms with Crippen molar-refractivity contribution in [2.75, 3.05) is 11.9 Å². The van der Waals surface area contributed by atoms with Crippen LogP contribution in [0.15, 0.2) is 133 Å². The Kier molecular flexibility index (Phi) is 6.09. The molecular formula is C43H37NO. The molecule has 45 heavy (non-hydrogen) atoms. The van der Waals surface area contributed by atoms with Crippen LogP contribution in [0.25, 0.3) is 44.5 Å². The van der Waals surface area contributed by atoms with Gasteiger partial charge in [-0.2, -0.15) is 0 Å². The lowest BCUT2D eigenvalue weighted by Gasteiger charge is -2.41. The Morgan fingerprint density at radius 1 is 0.444 bits per heavy atom. The van der Waals surface area contributed by atoms with E-state index in [0.717, 1.165) is 22.9 Å². The minimum absolute atomic E-state index is 0.137. The number of rotatable bonds is 2. The Morgan fingerprint density at radius 3 is 1.47 bits per heavy atom. The van der Waals surface area contributed by atoms with Gasteiger partial charge in [-0.3, -0.25) is 0 Å². The molecule has 0 fully saturated rings. The lowest BCUT2D eigenvalue weighted by Crippen LogP contribution is -2.39. The molecule has 2 heteroatoms. The van der Waals surface area contributed by atoms with Crippen LogP contribution in [0.2, 0.25) is 0 Å². The molecule has 0 bridgehead atoms. The minimum Gasteiger partial charge on any atom is -0.455 e. The first-order chi connectivity index (χ1) is 21.8. The quantitative estimate of drug-likeness (QED) is 0.201. The molecule has 6 aromatic rings. The summed E-state index contributed by atoms with van der Waals surface area (Å²) >= 11 is 0. The van der Waals surface area contributed by atoms with Crippen LogP contribution >= 0.6 is 0 Å². The second kappa shape index (κ2) is 9.97. The molecule has 1 aliphatic heterocycles. The highest BCUT2D eigenvalue weighted by molar-refractivity contribution is 6.03. The summed E-state index contributed by atoms with van der Waals surface area (Å²) in [6, 6.07) is 48.5. The average molecular weight is 584 g/mol. The van der Waals surface area contributed by atoms with E-state index in [1.807, 2.05) is 0 Å². The Hall–Kier alpha value is -5.08. The summed E-state index contributed by atoms with van der Waals surface area (Å²) in [5.74, 6) is 1.85. The van der Waals surface area contributed by atoms with Crippen molar-refractivity contribution in [1.82, 2.24) is 0 Å². The van der Waals surface area contributed by atoms with Crippen LogP contribution in [0.3, 0.4) is 0 Å². The van der Waals surface area contributed by atoms with Gasteiger partial charge in [0.1, 0.15) is 5.75 Å². The molecular weight excluding hydrogens is 546 g/mol. The molecule has 0 unspecified atom stereocenters. The Labute approximate surface area is 266 Å². The standard InChI is InChI=1S/C43H37NO/c1-42(2)37-21-12-13-24-40(37)45-41-38(43(42,3)4)22-14-23-39(41)44(5)28-25-26-35-33-19-9-8-17-31(33)29-15-6-7-16-30(29)32-18-10-11-20-34(32)36(35)27-28/h6-27H,1-5H3. The van der Waals surface area contributed by atoms with Crippen LogP contribution < -0.4 is 9.64 Å². The van der Waals surface area contributed by atoms with E-state index in [9.17, 15) is 0 Å². The number of anilines is 2. The summed E-state index contributed by atoms with van der Waals surface area (Å²) in [7, 11) is 2.16. The maximum absolute atomic E-state index is 6.90. The van der Waals surface area contributed by atoms with Gasteiger partial charge in [-0.1, -0.05) is 137 Å². The topological polar surface area (TPSA) is 12.5 Å². The number of ether oxygens (including phenoxy) is 1. The van der Waals surface area contributed by atoms with E-state index in [-0.39, 0.29) is 10.8 Å². The Balaban J connectivity index is 1.33. The maximum Gasteiger partial charge on any atom is 0.154 e. The highest BCUT2D eigenvalue weighted by atomic mass is 16.5. The summed E-state index contributed by atoms with van der Waals surface area (Å²) in [4.78, 5) is 2.29. The van der Waals surface area contributed by atoms with E-state index in [2.05, 4.69) is 173 Å². The number of benzene rings is 6. The van der Waals surface area contributed by atoms with Crippen molar-refractivity contribution in [2.45, 2.75) is 38.5 Å². The Morgan fingerprint density at radius 2 is 0.889 bits per heavy atom. The number of nitrogens with zero attached hydrogens (tertiary/aromatic N) is 1. The van der Waals surface area contributed by atoms with Crippen molar-refractivity contribution in [3.63, 3.8) is 0 Å². The van der Waals surface area contributed by atoms with Crippen molar-refractivity contribution in [2.24, 2.45) is 0 Å². The first-order valence-electron chi connectivity index (χ1n) is 15.8. The first kappa shape index (κ1) is 27.5. The summed E-state index contributed by atoms with van der Waals surface area (Å²) < 4.78 is 6.90. The van der Waals surface area contributed by atoms with Gasteiger partial charge in [-0.05, 0) is 68.8 Å². The zero-order valence-corrected chi connectivity index (χ0v) is 26.6. The first-order valence-corrected chi connectivity index (χ1v) is 15.8. The predicted octanol–water partition coefficient (Wildman–Crippen LogP) is 11.8. The van der Waals surface area contributed by atoms with Gasteiger partial charge in [-0.25, -0.2) is 0 Å². The summed E-state index contributed by atoms with van der Waals surface area (Å²) in [6.07, 6.45) is 0. The van der Waals surface area contributed by atoms with Crippen molar-refractivity contribution >= 4 is 11.4 Å². The van der Waals surface area contributed by atoms with Gasteiger partial charge in [0, 0.05) is 34.7 Å². The molecule has 2 nitrogen and oxygen atoms in total. The number of para-hydroxylation sites is 2. The number of fused-ring (bicyclic) bond motifs is 10. The normalized spacial score (nSPS) is 14.9. The van der Waals surface area contributed by atoms with E-state index >= 15 is 0 Å². The number of hydrogen-bond donors (Lipinski definition) is 0. The maximum atomic E-state index is 6.90. The van der Waals surface area contributed by atoms with E-state index in [4.69, 9.17) is 4.74 Å². The third kappa shape index (κ3) is 4.02. The molecule has 0 radical (unpaired) electrons. The molecule has 6 aromatic carbocycles. The van der Waals surface area contributed by atoms with Crippen molar-refractivity contribution < 1.29 is 4.74 Å². The molecule has 220 valence electrons. The van der Waals surface area contributed by atoms with Crippen LogP contribution in [-0.4, -0.2) is 7.05 Å². The fraction of sp³-hybridized carbons (Fsp3) is 0.163. The van der Waals surface area contributed by atoms with Gasteiger partial charge in [0.2, 0.25) is 0 Å². The molecule has 0 N–H and O–H groups in total. The summed E-state index contributed by atoms with van der Waals surface area (Å²) in [6.45, 7) is 9.36. The van der Waals surface area contributed by atoms with Gasteiger partial charge in [0.05, 0.1) is 5.69 Å². The Bertz CT molecular complexity index is 2110. The smallest absolute Gasteiger partial charge is 0.154 e. The SMILES string of the molecule is CN(c1ccc2c(c1)-c1ccccc1-c1ccccc1-c1ccccc1-2)c1cccc2c1Oc1ccccc1C(C)(C)C2(C)C. The molecule has 0 aromatic heterocycles. The van der Waals surface area contributed by atoms with Crippen LogP contribution in [0.5, 0.6) is 11.5 Å². The summed E-state index contributed by atoms with van der Waals surface area (Å²) in [5, 5.41) is 0. The summed E-state index contributed by atoms with van der Waals surface area (Å²) in [5.41, 5.74) is 14.3. The van der Waals surface area contributed by atoms with Gasteiger partial charge in [0.15, 0.2) is 5.75 Å². The van der Waals surface area contributed by atoms with Crippen LogP contribution in [-0.2, 0) is 10.8 Å².